The molecular weight excluding hydrogens is 300 g/mol. The van der Waals surface area contributed by atoms with E-state index in [2.05, 4.69) is 0 Å². The van der Waals surface area contributed by atoms with E-state index in [1.54, 1.807) is 0 Å². The standard InChI is InChI=1S/C20H22N2O2/c23-19-11-12-21(20(24)15-17-7-3-1-4-8-17)13-14-22(19)16-18-9-5-2-6-10-18/h1-10H,11-16H2. The summed E-state index contributed by atoms with van der Waals surface area (Å²) in [7, 11) is 0. The number of hydrogen-bond acceptors (Lipinski definition) is 2. The monoisotopic (exact) mass is 322 g/mol. The van der Waals surface area contributed by atoms with E-state index in [-0.39, 0.29) is 11.8 Å². The van der Waals surface area contributed by atoms with E-state index in [0.29, 0.717) is 39.0 Å². The van der Waals surface area contributed by atoms with Gasteiger partial charge in [0.15, 0.2) is 0 Å². The topological polar surface area (TPSA) is 40.6 Å². The molecule has 0 saturated carbocycles. The van der Waals surface area contributed by atoms with Gasteiger partial charge in [0.2, 0.25) is 11.8 Å². The van der Waals surface area contributed by atoms with Crippen molar-refractivity contribution in [1.82, 2.24) is 9.80 Å². The zero-order valence-electron chi connectivity index (χ0n) is 13.7. The van der Waals surface area contributed by atoms with Gasteiger partial charge in [-0.2, -0.15) is 0 Å². The minimum atomic E-state index is 0.0931. The highest BCUT2D eigenvalue weighted by molar-refractivity contribution is 5.81. The van der Waals surface area contributed by atoms with Crippen LogP contribution in [0.1, 0.15) is 17.5 Å². The summed E-state index contributed by atoms with van der Waals surface area (Å²) in [5.41, 5.74) is 2.13. The number of benzene rings is 2. The SMILES string of the molecule is O=C(Cc1ccccc1)N1CCC(=O)N(Cc2ccccc2)CC1. The van der Waals surface area contributed by atoms with Gasteiger partial charge >= 0.3 is 0 Å². The molecule has 0 aliphatic carbocycles. The molecule has 0 radical (unpaired) electrons. The molecule has 0 spiro atoms. The van der Waals surface area contributed by atoms with Crippen LogP contribution < -0.4 is 0 Å². The molecule has 0 N–H and O–H groups in total. The zero-order valence-corrected chi connectivity index (χ0v) is 13.7. The summed E-state index contributed by atoms with van der Waals surface area (Å²) in [5.74, 6) is 0.212. The molecule has 0 aromatic heterocycles. The second-order valence-electron chi connectivity index (χ2n) is 6.09. The van der Waals surface area contributed by atoms with Crippen molar-refractivity contribution in [2.45, 2.75) is 19.4 Å². The number of amides is 2. The van der Waals surface area contributed by atoms with E-state index in [1.165, 1.54) is 0 Å². The van der Waals surface area contributed by atoms with Crippen LogP contribution in [0, 0.1) is 0 Å². The number of carbonyl (C=O) groups is 2. The second kappa shape index (κ2) is 7.77. The van der Waals surface area contributed by atoms with Gasteiger partial charge in [-0.15, -0.1) is 0 Å². The Bertz CT molecular complexity index is 685. The number of rotatable bonds is 4. The number of nitrogens with zero attached hydrogens (tertiary/aromatic N) is 2. The predicted octanol–water partition coefficient (Wildman–Crippen LogP) is 2.49. The van der Waals surface area contributed by atoms with Gasteiger partial charge < -0.3 is 9.80 Å². The molecule has 1 heterocycles. The third-order valence-electron chi connectivity index (χ3n) is 4.36. The second-order valence-corrected chi connectivity index (χ2v) is 6.09. The number of hydrogen-bond donors (Lipinski definition) is 0. The quantitative estimate of drug-likeness (QED) is 0.868. The van der Waals surface area contributed by atoms with Crippen molar-refractivity contribution in [2.24, 2.45) is 0 Å². The third kappa shape index (κ3) is 4.22. The van der Waals surface area contributed by atoms with Crippen molar-refractivity contribution in [3.05, 3.63) is 71.8 Å². The highest BCUT2D eigenvalue weighted by Crippen LogP contribution is 2.12. The lowest BCUT2D eigenvalue weighted by molar-refractivity contribution is -0.130. The van der Waals surface area contributed by atoms with Crippen molar-refractivity contribution >= 4 is 11.8 Å². The predicted molar refractivity (Wildman–Crippen MR) is 93.2 cm³/mol. The summed E-state index contributed by atoms with van der Waals surface area (Å²) in [6.45, 7) is 2.31. The van der Waals surface area contributed by atoms with Crippen molar-refractivity contribution in [3.8, 4) is 0 Å². The van der Waals surface area contributed by atoms with Crippen molar-refractivity contribution < 1.29 is 9.59 Å². The fourth-order valence-corrected chi connectivity index (χ4v) is 2.97. The fraction of sp³-hybridized carbons (Fsp3) is 0.300. The molecule has 0 atom stereocenters. The van der Waals surface area contributed by atoms with E-state index in [9.17, 15) is 9.59 Å². The minimum Gasteiger partial charge on any atom is -0.340 e. The summed E-state index contributed by atoms with van der Waals surface area (Å²) in [5, 5.41) is 0. The van der Waals surface area contributed by atoms with Crippen LogP contribution in [0.4, 0.5) is 0 Å². The van der Waals surface area contributed by atoms with Crippen LogP contribution in [0.3, 0.4) is 0 Å². The molecule has 1 aliphatic heterocycles. The first-order valence-corrected chi connectivity index (χ1v) is 8.36. The highest BCUT2D eigenvalue weighted by Gasteiger charge is 2.23. The van der Waals surface area contributed by atoms with Gasteiger partial charge in [-0.3, -0.25) is 9.59 Å². The largest absolute Gasteiger partial charge is 0.340 e. The Balaban J connectivity index is 1.59. The molecule has 2 amide bonds. The summed E-state index contributed by atoms with van der Waals surface area (Å²) < 4.78 is 0. The molecule has 3 rings (SSSR count). The van der Waals surface area contributed by atoms with E-state index < -0.39 is 0 Å². The highest BCUT2D eigenvalue weighted by atomic mass is 16.2. The average Bonchev–Trinajstić information content (AvgIpc) is 2.79. The van der Waals surface area contributed by atoms with Gasteiger partial charge in [0, 0.05) is 32.6 Å². The summed E-state index contributed by atoms with van der Waals surface area (Å²) >= 11 is 0. The molecule has 1 aliphatic rings. The molecule has 1 fully saturated rings. The van der Waals surface area contributed by atoms with E-state index in [1.807, 2.05) is 70.5 Å². The molecule has 2 aromatic carbocycles. The van der Waals surface area contributed by atoms with Gasteiger partial charge in [-0.25, -0.2) is 0 Å². The van der Waals surface area contributed by atoms with Crippen LogP contribution in [0.15, 0.2) is 60.7 Å². The van der Waals surface area contributed by atoms with Crippen LogP contribution in [-0.2, 0) is 22.6 Å². The van der Waals surface area contributed by atoms with E-state index in [4.69, 9.17) is 0 Å². The van der Waals surface area contributed by atoms with Gasteiger partial charge in [-0.1, -0.05) is 60.7 Å². The first-order chi connectivity index (χ1) is 11.7. The molecule has 4 heteroatoms. The third-order valence-corrected chi connectivity index (χ3v) is 4.36. The van der Waals surface area contributed by atoms with Crippen LogP contribution in [-0.4, -0.2) is 41.2 Å². The summed E-state index contributed by atoms with van der Waals surface area (Å²) in [6, 6.07) is 19.7. The Morgan fingerprint density at radius 3 is 2.12 bits per heavy atom. The number of carbonyl (C=O) groups excluding carboxylic acids is 2. The summed E-state index contributed by atoms with van der Waals surface area (Å²) in [6.07, 6.45) is 0.793. The van der Waals surface area contributed by atoms with Crippen LogP contribution in [0.2, 0.25) is 0 Å². The van der Waals surface area contributed by atoms with Crippen molar-refractivity contribution in [3.63, 3.8) is 0 Å². The Hall–Kier alpha value is -2.62. The summed E-state index contributed by atoms with van der Waals surface area (Å²) in [4.78, 5) is 28.5. The van der Waals surface area contributed by atoms with Gasteiger partial charge in [-0.05, 0) is 11.1 Å². The maximum absolute atomic E-state index is 12.5. The Labute approximate surface area is 142 Å². The van der Waals surface area contributed by atoms with Crippen molar-refractivity contribution in [2.75, 3.05) is 19.6 Å². The van der Waals surface area contributed by atoms with Gasteiger partial charge in [0.1, 0.15) is 0 Å². The molecule has 24 heavy (non-hydrogen) atoms. The van der Waals surface area contributed by atoms with Crippen molar-refractivity contribution in [1.29, 1.82) is 0 Å². The Morgan fingerprint density at radius 1 is 0.833 bits per heavy atom. The van der Waals surface area contributed by atoms with Crippen LogP contribution in [0.5, 0.6) is 0 Å². The molecule has 1 saturated heterocycles. The van der Waals surface area contributed by atoms with E-state index >= 15 is 0 Å². The zero-order chi connectivity index (χ0) is 16.8. The molecule has 0 bridgehead atoms. The fourth-order valence-electron chi connectivity index (χ4n) is 2.97. The lowest BCUT2D eigenvalue weighted by Crippen LogP contribution is -2.36. The molecule has 124 valence electrons. The Morgan fingerprint density at radius 2 is 1.46 bits per heavy atom. The average molecular weight is 322 g/mol. The lowest BCUT2D eigenvalue weighted by Gasteiger charge is -2.22. The molecule has 2 aromatic rings. The Kier molecular flexibility index (Phi) is 5.26. The lowest BCUT2D eigenvalue weighted by atomic mass is 10.1. The first kappa shape index (κ1) is 16.2. The van der Waals surface area contributed by atoms with Crippen LogP contribution >= 0.6 is 0 Å². The maximum Gasteiger partial charge on any atom is 0.227 e. The smallest absolute Gasteiger partial charge is 0.227 e. The maximum atomic E-state index is 12.5. The minimum absolute atomic E-state index is 0.0931. The van der Waals surface area contributed by atoms with Crippen LogP contribution in [0.25, 0.3) is 0 Å². The molecule has 4 nitrogen and oxygen atoms in total. The normalized spacial score (nSPS) is 15.2. The first-order valence-electron chi connectivity index (χ1n) is 8.36. The molecular formula is C20H22N2O2. The molecule has 0 unspecified atom stereocenters. The van der Waals surface area contributed by atoms with Gasteiger partial charge in [0.05, 0.1) is 6.42 Å². The van der Waals surface area contributed by atoms with Gasteiger partial charge in [0.25, 0.3) is 0 Å². The van der Waals surface area contributed by atoms with E-state index in [0.717, 1.165) is 11.1 Å².